The molecular weight excluding hydrogens is 212 g/mol. The van der Waals surface area contributed by atoms with Gasteiger partial charge in [0.15, 0.2) is 0 Å². The minimum Gasteiger partial charge on any atom is -0.375 e. The highest BCUT2D eigenvalue weighted by molar-refractivity contribution is 4.97. The Balaban J connectivity index is 1.65. The molecule has 17 heavy (non-hydrogen) atoms. The zero-order valence-electron chi connectivity index (χ0n) is 10.7. The Bertz CT molecular complexity index is 251. The van der Waals surface area contributed by atoms with E-state index in [2.05, 4.69) is 5.43 Å². The molecule has 4 atom stereocenters. The predicted molar refractivity (Wildman–Crippen MR) is 68.3 cm³/mol. The Morgan fingerprint density at radius 2 is 1.76 bits per heavy atom. The lowest BCUT2D eigenvalue weighted by molar-refractivity contribution is 0.0778. The summed E-state index contributed by atoms with van der Waals surface area (Å²) in [4.78, 5) is 0. The van der Waals surface area contributed by atoms with Crippen LogP contribution in [0.5, 0.6) is 0 Å². The van der Waals surface area contributed by atoms with E-state index in [-0.39, 0.29) is 0 Å². The average Bonchev–Trinajstić information content (AvgIpc) is 2.86. The van der Waals surface area contributed by atoms with Crippen LogP contribution in [-0.4, -0.2) is 18.2 Å². The van der Waals surface area contributed by atoms with Gasteiger partial charge in [0.1, 0.15) is 0 Å². The Morgan fingerprint density at radius 1 is 1.00 bits per heavy atom. The minimum absolute atomic E-state index is 0.503. The summed E-state index contributed by atoms with van der Waals surface area (Å²) < 4.78 is 5.99. The molecule has 3 rings (SSSR count). The quantitative estimate of drug-likeness (QED) is 0.451. The summed E-state index contributed by atoms with van der Waals surface area (Å²) in [7, 11) is 0. The summed E-state index contributed by atoms with van der Waals surface area (Å²) in [6.45, 7) is 0. The molecule has 2 bridgehead atoms. The van der Waals surface area contributed by atoms with E-state index in [1.165, 1.54) is 57.8 Å². The van der Waals surface area contributed by atoms with Crippen LogP contribution in [0.25, 0.3) is 0 Å². The predicted octanol–water partition coefficient (Wildman–Crippen LogP) is 2.36. The fraction of sp³-hybridized carbons (Fsp3) is 1.00. The first kappa shape index (κ1) is 11.9. The van der Waals surface area contributed by atoms with Gasteiger partial charge in [0.25, 0.3) is 0 Å². The number of hydrazine groups is 1. The van der Waals surface area contributed by atoms with Gasteiger partial charge in [-0.3, -0.25) is 11.3 Å². The largest absolute Gasteiger partial charge is 0.375 e. The van der Waals surface area contributed by atoms with Crippen molar-refractivity contribution < 1.29 is 4.74 Å². The van der Waals surface area contributed by atoms with Crippen LogP contribution in [0, 0.1) is 11.8 Å². The standard InChI is InChI=1S/C14H26N2O/c15-16-14(10-5-3-1-2-4-6-10)12-9-11-7-8-13(12)17-11/h10-14,16H,1-9,15H2. The Hall–Kier alpha value is -0.120. The zero-order valence-corrected chi connectivity index (χ0v) is 10.7. The molecule has 2 heterocycles. The van der Waals surface area contributed by atoms with Gasteiger partial charge in [0.2, 0.25) is 0 Å². The summed E-state index contributed by atoms with van der Waals surface area (Å²) in [5.41, 5.74) is 3.15. The molecule has 3 nitrogen and oxygen atoms in total. The molecule has 2 aliphatic heterocycles. The zero-order chi connectivity index (χ0) is 11.7. The van der Waals surface area contributed by atoms with E-state index in [1.54, 1.807) is 0 Å². The van der Waals surface area contributed by atoms with Gasteiger partial charge in [-0.05, 0) is 38.0 Å². The molecular formula is C14H26N2O. The maximum absolute atomic E-state index is 5.99. The lowest BCUT2D eigenvalue weighted by Gasteiger charge is -2.34. The number of nitrogens with two attached hydrogens (primary N) is 1. The highest BCUT2D eigenvalue weighted by atomic mass is 16.5. The first-order valence-electron chi connectivity index (χ1n) is 7.50. The first-order valence-corrected chi connectivity index (χ1v) is 7.50. The Morgan fingerprint density at radius 3 is 2.29 bits per heavy atom. The van der Waals surface area contributed by atoms with Crippen LogP contribution >= 0.6 is 0 Å². The smallest absolute Gasteiger partial charge is 0.0624 e. The molecule has 3 aliphatic rings. The van der Waals surface area contributed by atoms with Crippen LogP contribution < -0.4 is 11.3 Å². The van der Waals surface area contributed by atoms with Crippen LogP contribution in [0.2, 0.25) is 0 Å². The molecule has 1 aliphatic carbocycles. The van der Waals surface area contributed by atoms with Crippen LogP contribution in [0.1, 0.15) is 57.8 Å². The van der Waals surface area contributed by atoms with E-state index in [4.69, 9.17) is 10.6 Å². The summed E-state index contributed by atoms with van der Waals surface area (Å²) in [6.07, 6.45) is 13.2. The van der Waals surface area contributed by atoms with Gasteiger partial charge >= 0.3 is 0 Å². The van der Waals surface area contributed by atoms with Crippen molar-refractivity contribution in [2.24, 2.45) is 17.7 Å². The van der Waals surface area contributed by atoms with Gasteiger partial charge in [-0.25, -0.2) is 0 Å². The third kappa shape index (κ3) is 2.38. The molecule has 2 saturated heterocycles. The molecule has 0 aromatic heterocycles. The maximum atomic E-state index is 5.99. The SMILES string of the molecule is NNC(C1CCCCCC1)C1CC2CCC1O2. The van der Waals surface area contributed by atoms with Gasteiger partial charge < -0.3 is 4.74 Å². The fourth-order valence-electron chi connectivity index (χ4n) is 4.33. The molecule has 0 radical (unpaired) electrons. The highest BCUT2D eigenvalue weighted by Gasteiger charge is 2.45. The van der Waals surface area contributed by atoms with Crippen molar-refractivity contribution in [3.63, 3.8) is 0 Å². The van der Waals surface area contributed by atoms with Crippen molar-refractivity contribution in [2.75, 3.05) is 0 Å². The van der Waals surface area contributed by atoms with E-state index in [1.807, 2.05) is 0 Å². The third-order valence-electron chi connectivity index (χ3n) is 5.21. The molecule has 0 aromatic rings. The van der Waals surface area contributed by atoms with Crippen LogP contribution in [0.15, 0.2) is 0 Å². The summed E-state index contributed by atoms with van der Waals surface area (Å²) >= 11 is 0. The second-order valence-corrected chi connectivity index (χ2v) is 6.22. The molecule has 3 heteroatoms. The van der Waals surface area contributed by atoms with E-state index in [0.717, 1.165) is 5.92 Å². The van der Waals surface area contributed by atoms with Gasteiger partial charge in [-0.15, -0.1) is 0 Å². The summed E-state index contributed by atoms with van der Waals surface area (Å²) in [6, 6.07) is 0.503. The van der Waals surface area contributed by atoms with Crippen LogP contribution in [0.4, 0.5) is 0 Å². The summed E-state index contributed by atoms with van der Waals surface area (Å²) in [5, 5.41) is 0. The number of hydrogen-bond donors (Lipinski definition) is 2. The average molecular weight is 238 g/mol. The number of rotatable bonds is 3. The number of hydrogen-bond acceptors (Lipinski definition) is 3. The molecule has 98 valence electrons. The fourth-order valence-corrected chi connectivity index (χ4v) is 4.33. The molecule has 4 unspecified atom stereocenters. The van der Waals surface area contributed by atoms with E-state index in [9.17, 15) is 0 Å². The van der Waals surface area contributed by atoms with Crippen LogP contribution in [0.3, 0.4) is 0 Å². The molecule has 0 amide bonds. The topological polar surface area (TPSA) is 47.3 Å². The monoisotopic (exact) mass is 238 g/mol. The Kier molecular flexibility index (Phi) is 3.69. The van der Waals surface area contributed by atoms with Crippen LogP contribution in [-0.2, 0) is 4.74 Å². The van der Waals surface area contributed by atoms with Gasteiger partial charge in [0, 0.05) is 12.0 Å². The van der Waals surface area contributed by atoms with Crippen molar-refractivity contribution in [3.8, 4) is 0 Å². The van der Waals surface area contributed by atoms with Crippen molar-refractivity contribution in [1.29, 1.82) is 0 Å². The lowest BCUT2D eigenvalue weighted by atomic mass is 9.76. The van der Waals surface area contributed by atoms with Crippen molar-refractivity contribution in [3.05, 3.63) is 0 Å². The second kappa shape index (κ2) is 5.25. The number of fused-ring (bicyclic) bond motifs is 2. The van der Waals surface area contributed by atoms with Crippen molar-refractivity contribution in [1.82, 2.24) is 5.43 Å². The van der Waals surface area contributed by atoms with E-state index in [0.29, 0.717) is 24.2 Å². The van der Waals surface area contributed by atoms with Gasteiger partial charge in [0.05, 0.1) is 12.2 Å². The first-order chi connectivity index (χ1) is 8.38. The van der Waals surface area contributed by atoms with Gasteiger partial charge in [-0.2, -0.15) is 0 Å². The molecule has 3 N–H and O–H groups in total. The normalized spacial score (nSPS) is 40.4. The molecule has 3 fully saturated rings. The van der Waals surface area contributed by atoms with Gasteiger partial charge in [-0.1, -0.05) is 25.7 Å². The summed E-state index contributed by atoms with van der Waals surface area (Å²) in [5.74, 6) is 7.33. The second-order valence-electron chi connectivity index (χ2n) is 6.22. The van der Waals surface area contributed by atoms with E-state index >= 15 is 0 Å². The molecule has 1 saturated carbocycles. The molecule has 0 aromatic carbocycles. The number of nitrogens with one attached hydrogen (secondary N) is 1. The lowest BCUT2D eigenvalue weighted by Crippen LogP contribution is -2.49. The third-order valence-corrected chi connectivity index (χ3v) is 5.21. The maximum Gasteiger partial charge on any atom is 0.0624 e. The Labute approximate surface area is 104 Å². The minimum atomic E-state index is 0.503. The van der Waals surface area contributed by atoms with Crippen molar-refractivity contribution in [2.45, 2.75) is 76.0 Å². The molecule has 0 spiro atoms. The number of ether oxygens (including phenoxy) is 1. The van der Waals surface area contributed by atoms with Crippen molar-refractivity contribution >= 4 is 0 Å². The van der Waals surface area contributed by atoms with E-state index < -0.39 is 0 Å². The highest BCUT2D eigenvalue weighted by Crippen LogP contribution is 2.43.